The average molecular weight is 258 g/mol. The van der Waals surface area contributed by atoms with Crippen LogP contribution in [0.4, 0.5) is 0 Å². The van der Waals surface area contributed by atoms with Gasteiger partial charge in [0, 0.05) is 0 Å². The fourth-order valence-electron chi connectivity index (χ4n) is 1.97. The van der Waals surface area contributed by atoms with Crippen LogP contribution in [0.1, 0.15) is 11.1 Å². The van der Waals surface area contributed by atoms with Crippen LogP contribution in [-0.2, 0) is 13.2 Å². The fraction of sp³-hybridized carbons (Fsp3) is 0.200. The van der Waals surface area contributed by atoms with Gasteiger partial charge in [0.1, 0.15) is 6.61 Å². The molecule has 0 fully saturated rings. The van der Waals surface area contributed by atoms with E-state index in [0.717, 1.165) is 11.1 Å². The Hall–Kier alpha value is -2.20. The molecule has 0 unspecified atom stereocenters. The van der Waals surface area contributed by atoms with Gasteiger partial charge < -0.3 is 19.3 Å². The Kier molecular flexibility index (Phi) is 3.25. The maximum Gasteiger partial charge on any atom is 0.231 e. The minimum atomic E-state index is -0.0572. The van der Waals surface area contributed by atoms with Gasteiger partial charge in [-0.3, -0.25) is 0 Å². The van der Waals surface area contributed by atoms with E-state index in [4.69, 9.17) is 14.2 Å². The molecule has 0 aromatic heterocycles. The molecule has 2 aromatic carbocycles. The summed E-state index contributed by atoms with van der Waals surface area (Å²) >= 11 is 0. The molecule has 19 heavy (non-hydrogen) atoms. The van der Waals surface area contributed by atoms with E-state index in [-0.39, 0.29) is 13.4 Å². The molecule has 1 N–H and O–H groups in total. The molecule has 0 bridgehead atoms. The van der Waals surface area contributed by atoms with Crippen LogP contribution in [0.3, 0.4) is 0 Å². The van der Waals surface area contributed by atoms with E-state index in [1.54, 1.807) is 12.1 Å². The topological polar surface area (TPSA) is 47.9 Å². The van der Waals surface area contributed by atoms with Gasteiger partial charge in [0.2, 0.25) is 12.5 Å². The average Bonchev–Trinajstić information content (AvgIpc) is 2.94. The Labute approximate surface area is 111 Å². The van der Waals surface area contributed by atoms with Crippen molar-refractivity contribution in [3.8, 4) is 17.2 Å². The molecule has 1 aliphatic heterocycles. The van der Waals surface area contributed by atoms with Crippen LogP contribution in [0.2, 0.25) is 0 Å². The van der Waals surface area contributed by atoms with Gasteiger partial charge in [-0.2, -0.15) is 0 Å². The van der Waals surface area contributed by atoms with E-state index in [0.29, 0.717) is 23.9 Å². The van der Waals surface area contributed by atoms with Gasteiger partial charge in [-0.05, 0) is 23.3 Å². The lowest BCUT2D eigenvalue weighted by Crippen LogP contribution is -1.98. The van der Waals surface area contributed by atoms with Crippen molar-refractivity contribution in [1.29, 1.82) is 0 Å². The van der Waals surface area contributed by atoms with Crippen molar-refractivity contribution in [3.05, 3.63) is 53.6 Å². The number of aliphatic hydroxyl groups is 1. The van der Waals surface area contributed by atoms with Crippen LogP contribution in [0.15, 0.2) is 42.5 Å². The molecule has 0 saturated heterocycles. The van der Waals surface area contributed by atoms with Gasteiger partial charge >= 0.3 is 0 Å². The summed E-state index contributed by atoms with van der Waals surface area (Å²) in [6, 6.07) is 13.4. The summed E-state index contributed by atoms with van der Waals surface area (Å²) in [6.07, 6.45) is 0. The molecular formula is C15H14O4. The molecule has 98 valence electrons. The van der Waals surface area contributed by atoms with Crippen molar-refractivity contribution < 1.29 is 19.3 Å². The number of hydrogen-bond acceptors (Lipinski definition) is 4. The number of fused-ring (bicyclic) bond motifs is 1. The number of ether oxygens (including phenoxy) is 3. The zero-order valence-corrected chi connectivity index (χ0v) is 10.3. The van der Waals surface area contributed by atoms with Gasteiger partial charge in [-0.15, -0.1) is 0 Å². The number of benzene rings is 2. The first-order valence-corrected chi connectivity index (χ1v) is 6.07. The van der Waals surface area contributed by atoms with Gasteiger partial charge in [-0.25, -0.2) is 0 Å². The molecule has 0 aliphatic carbocycles. The van der Waals surface area contributed by atoms with E-state index in [1.807, 2.05) is 30.3 Å². The number of rotatable bonds is 4. The second kappa shape index (κ2) is 5.20. The van der Waals surface area contributed by atoms with Crippen molar-refractivity contribution in [2.75, 3.05) is 6.79 Å². The highest BCUT2D eigenvalue weighted by molar-refractivity contribution is 5.55. The number of hydrogen-bond donors (Lipinski definition) is 1. The highest BCUT2D eigenvalue weighted by atomic mass is 16.7. The molecule has 0 radical (unpaired) electrons. The van der Waals surface area contributed by atoms with E-state index in [2.05, 4.69) is 0 Å². The molecule has 0 saturated carbocycles. The molecular weight excluding hydrogens is 244 g/mol. The second-order valence-electron chi connectivity index (χ2n) is 4.26. The minimum Gasteiger partial charge on any atom is -0.485 e. The summed E-state index contributed by atoms with van der Waals surface area (Å²) in [6.45, 7) is 0.579. The lowest BCUT2D eigenvalue weighted by molar-refractivity contribution is 0.169. The highest BCUT2D eigenvalue weighted by Crippen LogP contribution is 2.42. The molecule has 3 rings (SSSR count). The van der Waals surface area contributed by atoms with Gasteiger partial charge in [0.25, 0.3) is 0 Å². The van der Waals surface area contributed by atoms with Crippen LogP contribution in [0.5, 0.6) is 17.2 Å². The minimum absolute atomic E-state index is 0.0572. The molecule has 0 atom stereocenters. The summed E-state index contributed by atoms with van der Waals surface area (Å²) in [7, 11) is 0. The third kappa shape index (κ3) is 2.48. The summed E-state index contributed by atoms with van der Waals surface area (Å²) in [5.41, 5.74) is 1.82. The molecule has 4 heteroatoms. The van der Waals surface area contributed by atoms with Crippen LogP contribution in [-0.4, -0.2) is 11.9 Å². The maximum atomic E-state index is 9.23. The zero-order chi connectivity index (χ0) is 13.1. The zero-order valence-electron chi connectivity index (χ0n) is 10.3. The van der Waals surface area contributed by atoms with Crippen LogP contribution >= 0.6 is 0 Å². The normalized spacial score (nSPS) is 12.5. The standard InChI is InChI=1S/C15H14O4/c16-8-12-6-13(15-14(7-12)18-10-19-15)17-9-11-4-2-1-3-5-11/h1-7,16H,8-10H2. The Bertz CT molecular complexity index is 566. The second-order valence-corrected chi connectivity index (χ2v) is 4.26. The van der Waals surface area contributed by atoms with Crippen LogP contribution in [0, 0.1) is 0 Å². The largest absolute Gasteiger partial charge is 0.485 e. The molecule has 0 spiro atoms. The first-order chi connectivity index (χ1) is 9.36. The van der Waals surface area contributed by atoms with Gasteiger partial charge in [0.15, 0.2) is 11.5 Å². The molecule has 1 aliphatic rings. The Morgan fingerprint density at radius 2 is 1.89 bits per heavy atom. The van der Waals surface area contributed by atoms with E-state index in [1.165, 1.54) is 0 Å². The molecule has 1 heterocycles. The van der Waals surface area contributed by atoms with Crippen molar-refractivity contribution in [2.24, 2.45) is 0 Å². The van der Waals surface area contributed by atoms with Crippen molar-refractivity contribution in [1.82, 2.24) is 0 Å². The van der Waals surface area contributed by atoms with Crippen molar-refractivity contribution in [2.45, 2.75) is 13.2 Å². The monoisotopic (exact) mass is 258 g/mol. The first kappa shape index (κ1) is 11.9. The SMILES string of the molecule is OCc1cc2c(c(OCc3ccccc3)c1)OCO2. The Morgan fingerprint density at radius 3 is 2.68 bits per heavy atom. The Balaban J connectivity index is 1.82. The van der Waals surface area contributed by atoms with Crippen LogP contribution < -0.4 is 14.2 Å². The highest BCUT2D eigenvalue weighted by Gasteiger charge is 2.20. The third-order valence-corrected chi connectivity index (χ3v) is 2.92. The van der Waals surface area contributed by atoms with Gasteiger partial charge in [0.05, 0.1) is 6.61 Å². The number of aliphatic hydroxyl groups excluding tert-OH is 1. The predicted octanol–water partition coefficient (Wildman–Crippen LogP) is 2.49. The van der Waals surface area contributed by atoms with Crippen molar-refractivity contribution >= 4 is 0 Å². The smallest absolute Gasteiger partial charge is 0.231 e. The quantitative estimate of drug-likeness (QED) is 0.915. The lowest BCUT2D eigenvalue weighted by Gasteiger charge is -2.10. The van der Waals surface area contributed by atoms with E-state index in [9.17, 15) is 5.11 Å². The maximum absolute atomic E-state index is 9.23. The summed E-state index contributed by atoms with van der Waals surface area (Å²) in [5, 5.41) is 9.23. The third-order valence-electron chi connectivity index (χ3n) is 2.92. The first-order valence-electron chi connectivity index (χ1n) is 6.07. The van der Waals surface area contributed by atoms with E-state index < -0.39 is 0 Å². The molecule has 4 nitrogen and oxygen atoms in total. The van der Waals surface area contributed by atoms with Crippen molar-refractivity contribution in [3.63, 3.8) is 0 Å². The predicted molar refractivity (Wildman–Crippen MR) is 69.3 cm³/mol. The van der Waals surface area contributed by atoms with E-state index >= 15 is 0 Å². The molecule has 0 amide bonds. The lowest BCUT2D eigenvalue weighted by atomic mass is 10.2. The van der Waals surface area contributed by atoms with Gasteiger partial charge in [-0.1, -0.05) is 30.3 Å². The summed E-state index contributed by atoms with van der Waals surface area (Å²) < 4.78 is 16.5. The molecule has 2 aromatic rings. The summed E-state index contributed by atoms with van der Waals surface area (Å²) in [5.74, 6) is 1.82. The Morgan fingerprint density at radius 1 is 1.05 bits per heavy atom. The fourth-order valence-corrected chi connectivity index (χ4v) is 1.97. The van der Waals surface area contributed by atoms with Crippen LogP contribution in [0.25, 0.3) is 0 Å². The summed E-state index contributed by atoms with van der Waals surface area (Å²) in [4.78, 5) is 0.